The molecule has 8 nitrogen and oxygen atoms in total. The van der Waals surface area contributed by atoms with Crippen LogP contribution in [0.4, 0.5) is 0 Å². The van der Waals surface area contributed by atoms with Gasteiger partial charge in [-0.3, -0.25) is 24.6 Å². The fourth-order valence-electron chi connectivity index (χ4n) is 1.69. The zero-order valence-corrected chi connectivity index (χ0v) is 12.0. The maximum Gasteiger partial charge on any atom is 0.253 e. The summed E-state index contributed by atoms with van der Waals surface area (Å²) in [4.78, 5) is 34.5. The zero-order valence-electron chi connectivity index (χ0n) is 12.0. The lowest BCUT2D eigenvalue weighted by Gasteiger charge is -2.17. The van der Waals surface area contributed by atoms with Gasteiger partial charge in [-0.15, -0.1) is 0 Å². The van der Waals surface area contributed by atoms with Crippen molar-refractivity contribution in [3.63, 3.8) is 0 Å². The summed E-state index contributed by atoms with van der Waals surface area (Å²) in [7, 11) is 1.56. The fraction of sp³-hybridized carbons (Fsp3) is 0.615. The second kappa shape index (κ2) is 9.22. The summed E-state index contributed by atoms with van der Waals surface area (Å²) < 4.78 is 5.21. The second-order valence-electron chi connectivity index (χ2n) is 4.46. The van der Waals surface area contributed by atoms with Crippen LogP contribution >= 0.6 is 0 Å². The molecular formula is C13H21N3O5. The number of nitrogens with one attached hydrogen (secondary N) is 2. The molecule has 0 aromatic carbocycles. The number of amides is 3. The monoisotopic (exact) mass is 299 g/mol. The van der Waals surface area contributed by atoms with Crippen LogP contribution in [0, 0.1) is 0 Å². The number of nitrogens with zero attached hydrogens (tertiary/aromatic N) is 1. The number of imide groups is 1. The summed E-state index contributed by atoms with van der Waals surface area (Å²) in [5, 5.41) is 14.9. The van der Waals surface area contributed by atoms with Crippen molar-refractivity contribution in [1.82, 2.24) is 15.5 Å². The number of rotatable bonds is 10. The Bertz CT molecular complexity index is 393. The molecule has 3 N–H and O–H groups in total. The van der Waals surface area contributed by atoms with Gasteiger partial charge in [0.1, 0.15) is 6.23 Å². The zero-order chi connectivity index (χ0) is 15.7. The molecule has 118 valence electrons. The highest BCUT2D eigenvalue weighted by atomic mass is 16.5. The van der Waals surface area contributed by atoms with Crippen molar-refractivity contribution in [2.45, 2.75) is 19.1 Å². The first-order chi connectivity index (χ1) is 10.0. The Morgan fingerprint density at radius 2 is 2.00 bits per heavy atom. The van der Waals surface area contributed by atoms with Gasteiger partial charge in [0.2, 0.25) is 5.91 Å². The predicted octanol–water partition coefficient (Wildman–Crippen LogP) is -1.64. The van der Waals surface area contributed by atoms with Crippen LogP contribution in [0.1, 0.15) is 12.8 Å². The minimum absolute atomic E-state index is 0.0865. The first-order valence-corrected chi connectivity index (χ1v) is 6.78. The molecule has 8 heteroatoms. The average Bonchev–Trinajstić information content (AvgIpc) is 2.79. The SMILES string of the molecule is CNC(=O)CCOCCNC(O)CCN1C(=O)C=CC1=O. The molecule has 21 heavy (non-hydrogen) atoms. The molecule has 1 atom stereocenters. The Morgan fingerprint density at radius 1 is 1.33 bits per heavy atom. The van der Waals surface area contributed by atoms with E-state index in [1.165, 1.54) is 12.2 Å². The van der Waals surface area contributed by atoms with Crippen molar-refractivity contribution in [2.75, 3.05) is 33.4 Å². The molecule has 0 saturated carbocycles. The molecule has 1 aliphatic heterocycles. The van der Waals surface area contributed by atoms with Crippen molar-refractivity contribution in [2.24, 2.45) is 0 Å². The van der Waals surface area contributed by atoms with Crippen molar-refractivity contribution < 1.29 is 24.2 Å². The number of carbonyl (C=O) groups is 3. The van der Waals surface area contributed by atoms with E-state index in [1.807, 2.05) is 0 Å². The normalized spacial score (nSPS) is 15.6. The highest BCUT2D eigenvalue weighted by Crippen LogP contribution is 2.04. The topological polar surface area (TPSA) is 108 Å². The number of hydrogen-bond acceptors (Lipinski definition) is 6. The van der Waals surface area contributed by atoms with Gasteiger partial charge in [0.15, 0.2) is 0 Å². The van der Waals surface area contributed by atoms with Gasteiger partial charge in [0.05, 0.1) is 13.2 Å². The van der Waals surface area contributed by atoms with Crippen LogP contribution in [0.15, 0.2) is 12.2 Å². The molecule has 0 aromatic rings. The van der Waals surface area contributed by atoms with E-state index in [0.717, 1.165) is 4.90 Å². The summed E-state index contributed by atoms with van der Waals surface area (Å²) in [6.45, 7) is 1.25. The minimum Gasteiger partial charge on any atom is -0.380 e. The van der Waals surface area contributed by atoms with E-state index in [0.29, 0.717) is 26.2 Å². The third-order valence-corrected chi connectivity index (χ3v) is 2.91. The van der Waals surface area contributed by atoms with Gasteiger partial charge in [0.25, 0.3) is 11.8 Å². The van der Waals surface area contributed by atoms with Crippen molar-refractivity contribution in [3.8, 4) is 0 Å². The summed E-state index contributed by atoms with van der Waals surface area (Å²) >= 11 is 0. The second-order valence-corrected chi connectivity index (χ2v) is 4.46. The average molecular weight is 299 g/mol. The van der Waals surface area contributed by atoms with E-state index >= 15 is 0 Å². The van der Waals surface area contributed by atoms with E-state index in [1.54, 1.807) is 7.05 Å². The number of aliphatic hydroxyl groups excluding tert-OH is 1. The number of ether oxygens (including phenoxy) is 1. The lowest BCUT2D eigenvalue weighted by Crippen LogP contribution is -2.38. The number of hydrogen-bond donors (Lipinski definition) is 3. The van der Waals surface area contributed by atoms with Crippen molar-refractivity contribution in [1.29, 1.82) is 0 Å². The Kier molecular flexibility index (Phi) is 7.59. The molecule has 0 saturated heterocycles. The highest BCUT2D eigenvalue weighted by Gasteiger charge is 2.23. The van der Waals surface area contributed by atoms with Gasteiger partial charge < -0.3 is 15.2 Å². The van der Waals surface area contributed by atoms with Gasteiger partial charge in [0, 0.05) is 45.1 Å². The molecule has 0 fully saturated rings. The van der Waals surface area contributed by atoms with E-state index in [4.69, 9.17) is 4.74 Å². The van der Waals surface area contributed by atoms with Gasteiger partial charge in [-0.1, -0.05) is 0 Å². The molecule has 0 aromatic heterocycles. The van der Waals surface area contributed by atoms with Gasteiger partial charge in [-0.25, -0.2) is 0 Å². The van der Waals surface area contributed by atoms with E-state index in [2.05, 4.69) is 10.6 Å². The van der Waals surface area contributed by atoms with Crippen molar-refractivity contribution in [3.05, 3.63) is 12.2 Å². The number of aliphatic hydroxyl groups is 1. The Labute approximate surface area is 123 Å². The van der Waals surface area contributed by atoms with E-state index in [-0.39, 0.29) is 30.7 Å². The van der Waals surface area contributed by atoms with E-state index in [9.17, 15) is 19.5 Å². The summed E-state index contributed by atoms with van der Waals surface area (Å²) in [5.74, 6) is -0.800. The molecule has 1 aliphatic rings. The summed E-state index contributed by atoms with van der Waals surface area (Å²) in [6.07, 6.45) is 2.14. The van der Waals surface area contributed by atoms with Crippen LogP contribution in [0.2, 0.25) is 0 Å². The van der Waals surface area contributed by atoms with Crippen LogP contribution in [0.25, 0.3) is 0 Å². The maximum atomic E-state index is 11.3. The molecule has 1 rings (SSSR count). The predicted molar refractivity (Wildman–Crippen MR) is 74.0 cm³/mol. The molecule has 0 radical (unpaired) electrons. The van der Waals surface area contributed by atoms with Crippen LogP contribution < -0.4 is 10.6 Å². The standard InChI is InChI=1S/C13H21N3O5/c1-14-10(17)5-8-21-9-6-15-11(18)4-7-16-12(19)2-3-13(16)20/h2-3,11,15,18H,4-9H2,1H3,(H,14,17). The van der Waals surface area contributed by atoms with E-state index < -0.39 is 6.23 Å². The number of carbonyl (C=O) groups excluding carboxylic acids is 3. The lowest BCUT2D eigenvalue weighted by molar-refractivity contribution is -0.137. The summed E-state index contributed by atoms with van der Waals surface area (Å²) in [5.41, 5.74) is 0. The van der Waals surface area contributed by atoms with Crippen LogP contribution in [-0.2, 0) is 19.1 Å². The maximum absolute atomic E-state index is 11.3. The fourth-order valence-corrected chi connectivity index (χ4v) is 1.69. The van der Waals surface area contributed by atoms with Gasteiger partial charge in [-0.2, -0.15) is 0 Å². The lowest BCUT2D eigenvalue weighted by atomic mass is 10.3. The molecule has 1 unspecified atom stereocenters. The van der Waals surface area contributed by atoms with Crippen molar-refractivity contribution >= 4 is 17.7 Å². The largest absolute Gasteiger partial charge is 0.380 e. The molecule has 0 bridgehead atoms. The Hall–Kier alpha value is -1.77. The molecule has 1 heterocycles. The van der Waals surface area contributed by atoms with Crippen LogP contribution in [-0.4, -0.2) is 67.3 Å². The Balaban J connectivity index is 2.01. The smallest absolute Gasteiger partial charge is 0.253 e. The van der Waals surface area contributed by atoms with Crippen LogP contribution in [0.5, 0.6) is 0 Å². The Morgan fingerprint density at radius 3 is 2.62 bits per heavy atom. The molecular weight excluding hydrogens is 278 g/mol. The molecule has 0 aliphatic carbocycles. The minimum atomic E-state index is -0.825. The molecule has 0 spiro atoms. The highest BCUT2D eigenvalue weighted by molar-refractivity contribution is 6.12. The third-order valence-electron chi connectivity index (χ3n) is 2.91. The first-order valence-electron chi connectivity index (χ1n) is 6.78. The van der Waals surface area contributed by atoms with Crippen LogP contribution in [0.3, 0.4) is 0 Å². The quantitative estimate of drug-likeness (QED) is 0.254. The van der Waals surface area contributed by atoms with Gasteiger partial charge in [-0.05, 0) is 0 Å². The summed E-state index contributed by atoms with van der Waals surface area (Å²) in [6, 6.07) is 0. The van der Waals surface area contributed by atoms with Gasteiger partial charge >= 0.3 is 0 Å². The first kappa shape index (κ1) is 17.3. The molecule has 3 amide bonds. The third kappa shape index (κ3) is 6.48.